The van der Waals surface area contributed by atoms with E-state index in [1.807, 2.05) is 30.9 Å². The molecule has 0 radical (unpaired) electrons. The van der Waals surface area contributed by atoms with Crippen LogP contribution in [0.1, 0.15) is 46.1 Å². The van der Waals surface area contributed by atoms with Gasteiger partial charge in [0.25, 0.3) is 0 Å². The number of carbonyl (C=O) groups is 2. The van der Waals surface area contributed by atoms with Gasteiger partial charge >= 0.3 is 5.97 Å². The molecule has 1 aliphatic heterocycles. The van der Waals surface area contributed by atoms with Gasteiger partial charge in [0.1, 0.15) is 5.82 Å². The molecular formula is C20H26N4O3. The van der Waals surface area contributed by atoms with Crippen LogP contribution in [0, 0.1) is 6.92 Å². The van der Waals surface area contributed by atoms with Crippen molar-refractivity contribution in [3.8, 4) is 0 Å². The van der Waals surface area contributed by atoms with Crippen LogP contribution in [0.15, 0.2) is 30.6 Å². The summed E-state index contributed by atoms with van der Waals surface area (Å²) in [7, 11) is 2.00. The third kappa shape index (κ3) is 4.74. The number of imidazole rings is 1. The quantitative estimate of drug-likeness (QED) is 0.811. The molecule has 1 atom stereocenters. The standard InChI is InChI=1S/C20H26N4O3/c1-14-5-6-15(20(26)27)10-17(14)11-22-18(25)13-24-8-3-4-16(12-24)19-21-7-9-23(19)2/h5-7,9-10,16H,3-4,8,11-13H2,1-2H3,(H,22,25)(H,26,27)/t16-/m1/s1. The Labute approximate surface area is 159 Å². The molecule has 1 aromatic heterocycles. The van der Waals surface area contributed by atoms with E-state index in [9.17, 15) is 9.59 Å². The highest BCUT2D eigenvalue weighted by Gasteiger charge is 2.25. The molecule has 0 saturated carbocycles. The van der Waals surface area contributed by atoms with E-state index < -0.39 is 5.97 Å². The van der Waals surface area contributed by atoms with Crippen molar-refractivity contribution in [2.45, 2.75) is 32.2 Å². The normalized spacial score (nSPS) is 17.6. The van der Waals surface area contributed by atoms with Crippen LogP contribution in [0.25, 0.3) is 0 Å². The number of rotatable bonds is 6. The Hall–Kier alpha value is -2.67. The number of aryl methyl sites for hydroxylation is 2. The van der Waals surface area contributed by atoms with Gasteiger partial charge in [0, 0.05) is 38.4 Å². The summed E-state index contributed by atoms with van der Waals surface area (Å²) < 4.78 is 2.05. The second kappa shape index (κ2) is 8.35. The SMILES string of the molecule is Cc1ccc(C(=O)O)cc1CNC(=O)CN1CCC[C@@H](c2nccn2C)C1. The number of carbonyl (C=O) groups excluding carboxylic acids is 1. The Bertz CT molecular complexity index is 830. The lowest BCUT2D eigenvalue weighted by atomic mass is 9.97. The van der Waals surface area contributed by atoms with Crippen molar-refractivity contribution in [2.24, 2.45) is 7.05 Å². The molecule has 1 amide bonds. The van der Waals surface area contributed by atoms with Crippen molar-refractivity contribution < 1.29 is 14.7 Å². The number of carboxylic acid groups (broad SMARTS) is 1. The van der Waals surface area contributed by atoms with E-state index in [4.69, 9.17) is 5.11 Å². The first kappa shape index (κ1) is 19.1. The zero-order valence-corrected chi connectivity index (χ0v) is 15.8. The van der Waals surface area contributed by atoms with Crippen LogP contribution in [0.4, 0.5) is 0 Å². The zero-order chi connectivity index (χ0) is 19.4. The molecule has 3 rings (SSSR count). The smallest absolute Gasteiger partial charge is 0.335 e. The van der Waals surface area contributed by atoms with Gasteiger partial charge in [-0.1, -0.05) is 6.07 Å². The lowest BCUT2D eigenvalue weighted by molar-refractivity contribution is -0.122. The number of aromatic nitrogens is 2. The molecule has 7 heteroatoms. The minimum Gasteiger partial charge on any atom is -0.478 e. The number of piperidine rings is 1. The first-order valence-electron chi connectivity index (χ1n) is 9.23. The Morgan fingerprint density at radius 1 is 1.37 bits per heavy atom. The molecular weight excluding hydrogens is 344 g/mol. The summed E-state index contributed by atoms with van der Waals surface area (Å²) >= 11 is 0. The molecule has 1 aliphatic rings. The largest absolute Gasteiger partial charge is 0.478 e. The molecule has 0 aliphatic carbocycles. The summed E-state index contributed by atoms with van der Waals surface area (Å²) in [5, 5.41) is 12.0. The first-order valence-corrected chi connectivity index (χ1v) is 9.23. The number of amides is 1. The number of nitrogens with zero attached hydrogens (tertiary/aromatic N) is 3. The van der Waals surface area contributed by atoms with E-state index in [2.05, 4.69) is 15.2 Å². The van der Waals surface area contributed by atoms with Gasteiger partial charge < -0.3 is 15.0 Å². The molecule has 27 heavy (non-hydrogen) atoms. The Balaban J connectivity index is 1.54. The van der Waals surface area contributed by atoms with E-state index in [-0.39, 0.29) is 11.5 Å². The van der Waals surface area contributed by atoms with E-state index in [0.29, 0.717) is 19.0 Å². The zero-order valence-electron chi connectivity index (χ0n) is 15.8. The average Bonchev–Trinajstić information content (AvgIpc) is 3.07. The molecule has 0 spiro atoms. The molecule has 0 bridgehead atoms. The number of likely N-dealkylation sites (tertiary alicyclic amines) is 1. The summed E-state index contributed by atoms with van der Waals surface area (Å²) in [6.45, 7) is 4.32. The highest BCUT2D eigenvalue weighted by molar-refractivity contribution is 5.88. The number of hydrogen-bond acceptors (Lipinski definition) is 4. The Morgan fingerprint density at radius 2 is 2.19 bits per heavy atom. The van der Waals surface area contributed by atoms with Crippen LogP contribution in [-0.4, -0.2) is 51.1 Å². The summed E-state index contributed by atoms with van der Waals surface area (Å²) in [5.74, 6) is 0.411. The van der Waals surface area contributed by atoms with Crippen molar-refractivity contribution in [1.29, 1.82) is 0 Å². The molecule has 2 aromatic rings. The van der Waals surface area contributed by atoms with Crippen molar-refractivity contribution in [2.75, 3.05) is 19.6 Å². The highest BCUT2D eigenvalue weighted by Crippen LogP contribution is 2.25. The van der Waals surface area contributed by atoms with Crippen molar-refractivity contribution in [3.63, 3.8) is 0 Å². The number of hydrogen-bond donors (Lipinski definition) is 2. The molecule has 2 heterocycles. The van der Waals surface area contributed by atoms with Crippen LogP contribution in [0.3, 0.4) is 0 Å². The van der Waals surface area contributed by atoms with Gasteiger partial charge in [0.15, 0.2) is 0 Å². The summed E-state index contributed by atoms with van der Waals surface area (Å²) in [6.07, 6.45) is 5.90. The van der Waals surface area contributed by atoms with Crippen LogP contribution >= 0.6 is 0 Å². The van der Waals surface area contributed by atoms with E-state index in [1.54, 1.807) is 18.2 Å². The molecule has 1 fully saturated rings. The number of carboxylic acids is 1. The van der Waals surface area contributed by atoms with E-state index in [0.717, 1.165) is 42.9 Å². The number of aromatic carboxylic acids is 1. The lowest BCUT2D eigenvalue weighted by Gasteiger charge is -2.31. The summed E-state index contributed by atoms with van der Waals surface area (Å²) in [4.78, 5) is 30.1. The lowest BCUT2D eigenvalue weighted by Crippen LogP contribution is -2.42. The second-order valence-electron chi connectivity index (χ2n) is 7.19. The minimum absolute atomic E-state index is 0.0457. The predicted molar refractivity (Wildman–Crippen MR) is 102 cm³/mol. The van der Waals surface area contributed by atoms with Crippen LogP contribution < -0.4 is 5.32 Å². The minimum atomic E-state index is -0.962. The van der Waals surface area contributed by atoms with Crippen LogP contribution in [-0.2, 0) is 18.4 Å². The fraction of sp³-hybridized carbons (Fsp3) is 0.450. The first-order chi connectivity index (χ1) is 12.9. The van der Waals surface area contributed by atoms with Crippen molar-refractivity contribution >= 4 is 11.9 Å². The number of nitrogens with one attached hydrogen (secondary N) is 1. The number of benzene rings is 1. The molecule has 2 N–H and O–H groups in total. The summed E-state index contributed by atoms with van der Waals surface area (Å²) in [5.41, 5.74) is 2.03. The molecule has 144 valence electrons. The van der Waals surface area contributed by atoms with Gasteiger partial charge in [-0.25, -0.2) is 9.78 Å². The molecule has 7 nitrogen and oxygen atoms in total. The molecule has 1 saturated heterocycles. The third-order valence-electron chi connectivity index (χ3n) is 5.17. The highest BCUT2D eigenvalue weighted by atomic mass is 16.4. The van der Waals surface area contributed by atoms with Gasteiger partial charge in [-0.05, 0) is 49.6 Å². The maximum absolute atomic E-state index is 12.4. The second-order valence-corrected chi connectivity index (χ2v) is 7.19. The van der Waals surface area contributed by atoms with Gasteiger partial charge in [-0.3, -0.25) is 9.69 Å². The monoisotopic (exact) mass is 370 g/mol. The topological polar surface area (TPSA) is 87.5 Å². The predicted octanol–water partition coefficient (Wildman–Crippen LogP) is 1.92. The van der Waals surface area contributed by atoms with E-state index in [1.165, 1.54) is 0 Å². The van der Waals surface area contributed by atoms with Crippen molar-refractivity contribution in [1.82, 2.24) is 19.8 Å². The fourth-order valence-corrected chi connectivity index (χ4v) is 3.63. The van der Waals surface area contributed by atoms with Gasteiger partial charge in [0.05, 0.1) is 12.1 Å². The average molecular weight is 370 g/mol. The maximum atomic E-state index is 12.4. The fourth-order valence-electron chi connectivity index (χ4n) is 3.63. The van der Waals surface area contributed by atoms with Gasteiger partial charge in [-0.2, -0.15) is 0 Å². The van der Waals surface area contributed by atoms with Crippen LogP contribution in [0.5, 0.6) is 0 Å². The Morgan fingerprint density at radius 3 is 2.89 bits per heavy atom. The van der Waals surface area contributed by atoms with Gasteiger partial charge in [0.2, 0.25) is 5.91 Å². The maximum Gasteiger partial charge on any atom is 0.335 e. The summed E-state index contributed by atoms with van der Waals surface area (Å²) in [6, 6.07) is 4.97. The molecule has 1 aromatic carbocycles. The Kier molecular flexibility index (Phi) is 5.91. The van der Waals surface area contributed by atoms with Gasteiger partial charge in [-0.15, -0.1) is 0 Å². The third-order valence-corrected chi connectivity index (χ3v) is 5.17. The molecule has 0 unspecified atom stereocenters. The van der Waals surface area contributed by atoms with Crippen LogP contribution in [0.2, 0.25) is 0 Å². The van der Waals surface area contributed by atoms with Crippen molar-refractivity contribution in [3.05, 3.63) is 53.1 Å². The van der Waals surface area contributed by atoms with E-state index >= 15 is 0 Å².